The Bertz CT molecular complexity index is 566. The number of amides is 1. The van der Waals surface area contributed by atoms with E-state index in [1.54, 1.807) is 12.1 Å². The van der Waals surface area contributed by atoms with Crippen molar-refractivity contribution in [1.29, 1.82) is 0 Å². The molecule has 0 spiro atoms. The van der Waals surface area contributed by atoms with Gasteiger partial charge in [-0.3, -0.25) is 0 Å². The molecule has 0 aliphatic carbocycles. The van der Waals surface area contributed by atoms with Crippen LogP contribution in [0.15, 0.2) is 36.4 Å². The topological polar surface area (TPSA) is 46.2 Å². The minimum atomic E-state index is -1.05. The van der Waals surface area contributed by atoms with Gasteiger partial charge in [-0.15, -0.1) is 0 Å². The van der Waals surface area contributed by atoms with E-state index in [4.69, 9.17) is 0 Å². The Morgan fingerprint density at radius 1 is 1.12 bits per heavy atom. The zero-order chi connectivity index (χ0) is 11.5. The first-order valence-electron chi connectivity index (χ1n) is 4.85. The van der Waals surface area contributed by atoms with E-state index in [0.717, 1.165) is 20.8 Å². The summed E-state index contributed by atoms with van der Waals surface area (Å²) >= 11 is -1.05. The first-order chi connectivity index (χ1) is 7.72. The van der Waals surface area contributed by atoms with Gasteiger partial charge in [0.15, 0.2) is 0 Å². The van der Waals surface area contributed by atoms with Gasteiger partial charge >= 0.3 is 99.6 Å². The maximum atomic E-state index is 11.1. The van der Waals surface area contributed by atoms with E-state index < -0.39 is 15.7 Å². The standard InChI is InChI=1S/C12H10AsNO2/c1-8(15)14-12-7-6-11(13-16)9-4-2-3-5-10(9)12/h2-7H,1H3,(H,14,15). The second kappa shape index (κ2) is 4.58. The third-order valence-corrected chi connectivity index (χ3v) is 3.54. The van der Waals surface area contributed by atoms with Crippen LogP contribution in [0, 0.1) is 0 Å². The third-order valence-electron chi connectivity index (χ3n) is 2.31. The quantitative estimate of drug-likeness (QED) is 0.844. The van der Waals surface area contributed by atoms with Gasteiger partial charge in [-0.05, 0) is 0 Å². The van der Waals surface area contributed by atoms with Crippen LogP contribution in [0.5, 0.6) is 0 Å². The zero-order valence-corrected chi connectivity index (χ0v) is 10.6. The van der Waals surface area contributed by atoms with Gasteiger partial charge in [-0.2, -0.15) is 0 Å². The Hall–Kier alpha value is -1.47. The van der Waals surface area contributed by atoms with Crippen LogP contribution >= 0.6 is 0 Å². The molecule has 0 saturated heterocycles. The molecule has 4 heteroatoms. The normalized spacial score (nSPS) is 10.6. The number of rotatable bonds is 2. The predicted molar refractivity (Wildman–Crippen MR) is 64.3 cm³/mol. The number of carbonyl (C=O) groups is 1. The molecule has 0 radical (unpaired) electrons. The van der Waals surface area contributed by atoms with Crippen molar-refractivity contribution in [1.82, 2.24) is 0 Å². The molecule has 80 valence electrons. The van der Waals surface area contributed by atoms with Crippen LogP contribution < -0.4 is 9.67 Å². The molecular weight excluding hydrogens is 265 g/mol. The fourth-order valence-electron chi connectivity index (χ4n) is 1.66. The molecule has 0 aliphatic heterocycles. The van der Waals surface area contributed by atoms with Crippen molar-refractivity contribution in [3.05, 3.63) is 36.4 Å². The molecule has 0 fully saturated rings. The van der Waals surface area contributed by atoms with Gasteiger partial charge in [-0.1, -0.05) is 0 Å². The molecule has 0 bridgehead atoms. The zero-order valence-electron chi connectivity index (χ0n) is 8.73. The molecule has 2 aromatic carbocycles. The van der Waals surface area contributed by atoms with Gasteiger partial charge < -0.3 is 0 Å². The van der Waals surface area contributed by atoms with Crippen molar-refractivity contribution in [2.24, 2.45) is 0 Å². The molecule has 0 heterocycles. The maximum absolute atomic E-state index is 11.1. The number of hydrogen-bond acceptors (Lipinski definition) is 2. The number of hydrogen-bond donors (Lipinski definition) is 1. The summed E-state index contributed by atoms with van der Waals surface area (Å²) in [5.41, 5.74) is 0.765. The summed E-state index contributed by atoms with van der Waals surface area (Å²) in [7, 11) is 0. The second-order valence-corrected chi connectivity index (χ2v) is 4.84. The van der Waals surface area contributed by atoms with E-state index in [-0.39, 0.29) is 5.91 Å². The molecule has 2 rings (SSSR count). The monoisotopic (exact) mass is 275 g/mol. The van der Waals surface area contributed by atoms with Crippen molar-refractivity contribution < 1.29 is 8.53 Å². The molecule has 0 aromatic heterocycles. The van der Waals surface area contributed by atoms with Crippen LogP contribution in [0.4, 0.5) is 5.69 Å². The summed E-state index contributed by atoms with van der Waals surface area (Å²) < 4.78 is 11.9. The SMILES string of the molecule is CC(=O)Nc1ccc([As]=O)c2ccccc12. The average Bonchev–Trinajstić information content (AvgIpc) is 2.29. The Kier molecular flexibility index (Phi) is 3.16. The average molecular weight is 275 g/mol. The summed E-state index contributed by atoms with van der Waals surface area (Å²) in [5.74, 6) is -0.103. The van der Waals surface area contributed by atoms with Crippen LogP contribution in [-0.4, -0.2) is 21.6 Å². The number of anilines is 1. The summed E-state index contributed by atoms with van der Waals surface area (Å²) in [6.45, 7) is 1.47. The molecule has 0 saturated carbocycles. The minimum absolute atomic E-state index is 0.103. The number of fused-ring (bicyclic) bond motifs is 1. The van der Waals surface area contributed by atoms with Gasteiger partial charge in [-0.25, -0.2) is 0 Å². The Labute approximate surface area is 99.8 Å². The molecule has 0 unspecified atom stereocenters. The molecule has 1 amide bonds. The Morgan fingerprint density at radius 3 is 2.44 bits per heavy atom. The van der Waals surface area contributed by atoms with Crippen molar-refractivity contribution in [3.63, 3.8) is 0 Å². The van der Waals surface area contributed by atoms with E-state index in [1.807, 2.05) is 24.3 Å². The van der Waals surface area contributed by atoms with Gasteiger partial charge in [0.25, 0.3) is 0 Å². The molecule has 0 atom stereocenters. The predicted octanol–water partition coefficient (Wildman–Crippen LogP) is 1.47. The van der Waals surface area contributed by atoms with Crippen LogP contribution in [0.2, 0.25) is 0 Å². The van der Waals surface area contributed by atoms with Gasteiger partial charge in [0.2, 0.25) is 0 Å². The van der Waals surface area contributed by atoms with E-state index in [9.17, 15) is 8.53 Å². The van der Waals surface area contributed by atoms with Crippen molar-refractivity contribution in [2.45, 2.75) is 6.92 Å². The van der Waals surface area contributed by atoms with Crippen LogP contribution in [0.1, 0.15) is 6.92 Å². The first kappa shape index (κ1) is 11.0. The molecule has 1 N–H and O–H groups in total. The Morgan fingerprint density at radius 2 is 1.81 bits per heavy atom. The molecule has 3 nitrogen and oxygen atoms in total. The van der Waals surface area contributed by atoms with Crippen molar-refractivity contribution in [2.75, 3.05) is 5.32 Å². The summed E-state index contributed by atoms with van der Waals surface area (Å²) in [4.78, 5) is 11.0. The molecule has 0 aliphatic rings. The van der Waals surface area contributed by atoms with Crippen LogP contribution in [0.3, 0.4) is 0 Å². The number of nitrogens with one attached hydrogen (secondary N) is 1. The summed E-state index contributed by atoms with van der Waals surface area (Å²) in [5, 5.41) is 4.65. The fraction of sp³-hybridized carbons (Fsp3) is 0.0833. The third kappa shape index (κ3) is 2.05. The number of benzene rings is 2. The Balaban J connectivity index is 2.69. The van der Waals surface area contributed by atoms with Crippen LogP contribution in [0.25, 0.3) is 10.8 Å². The fourth-order valence-corrected chi connectivity index (χ4v) is 2.56. The van der Waals surface area contributed by atoms with E-state index in [2.05, 4.69) is 5.32 Å². The van der Waals surface area contributed by atoms with E-state index in [0.29, 0.717) is 0 Å². The van der Waals surface area contributed by atoms with E-state index >= 15 is 0 Å². The van der Waals surface area contributed by atoms with Gasteiger partial charge in [0.1, 0.15) is 0 Å². The van der Waals surface area contributed by atoms with Gasteiger partial charge in [0, 0.05) is 0 Å². The van der Waals surface area contributed by atoms with Crippen molar-refractivity contribution >= 4 is 42.4 Å². The van der Waals surface area contributed by atoms with Crippen molar-refractivity contribution in [3.8, 4) is 0 Å². The molecular formula is C12H10AsNO2. The van der Waals surface area contributed by atoms with Crippen LogP contribution in [-0.2, 0) is 8.53 Å². The second-order valence-electron chi connectivity index (χ2n) is 3.45. The molecule has 2 aromatic rings. The first-order valence-corrected chi connectivity index (χ1v) is 6.55. The van der Waals surface area contributed by atoms with Gasteiger partial charge in [0.05, 0.1) is 0 Å². The number of carbonyl (C=O) groups excluding carboxylic acids is 1. The summed E-state index contributed by atoms with van der Waals surface area (Å²) in [6.07, 6.45) is 0. The summed E-state index contributed by atoms with van der Waals surface area (Å²) in [6, 6.07) is 11.2. The van der Waals surface area contributed by atoms with E-state index in [1.165, 1.54) is 6.92 Å². The molecule has 16 heavy (non-hydrogen) atoms.